The van der Waals surface area contributed by atoms with Crippen molar-refractivity contribution in [2.45, 2.75) is 24.0 Å². The summed E-state index contributed by atoms with van der Waals surface area (Å²) >= 11 is 5.40. The first-order valence-electron chi connectivity index (χ1n) is 4.39. The topological polar surface area (TPSA) is 25.2 Å². The van der Waals surface area contributed by atoms with Crippen molar-refractivity contribution < 1.29 is 4.42 Å². The van der Waals surface area contributed by atoms with Gasteiger partial charge in [-0.2, -0.15) is 0 Å². The van der Waals surface area contributed by atoms with E-state index in [-0.39, 0.29) is 0 Å². The molecule has 0 amide bonds. The van der Waals surface area contributed by atoms with E-state index < -0.39 is 0 Å². The monoisotopic (exact) mass is 261 g/mol. The molecule has 0 bridgehead atoms. The molecular weight excluding hydrogens is 250 g/mol. The molecule has 1 fully saturated rings. The Balaban J connectivity index is 2.12. The van der Waals surface area contributed by atoms with Crippen LogP contribution in [0, 0.1) is 0 Å². The lowest BCUT2D eigenvalue weighted by Gasteiger charge is -2.26. The van der Waals surface area contributed by atoms with Crippen LogP contribution in [0.4, 0.5) is 0 Å². The summed E-state index contributed by atoms with van der Waals surface area (Å²) in [5.74, 6) is 1.01. The van der Waals surface area contributed by atoms with E-state index in [1.165, 1.54) is 6.42 Å². The summed E-state index contributed by atoms with van der Waals surface area (Å²) in [5.41, 5.74) is 0. The van der Waals surface area contributed by atoms with E-state index in [1.54, 1.807) is 6.26 Å². The molecule has 13 heavy (non-hydrogen) atoms. The normalized spacial score (nSPS) is 29.1. The van der Waals surface area contributed by atoms with Gasteiger partial charge in [-0.05, 0) is 35.0 Å². The van der Waals surface area contributed by atoms with Crippen LogP contribution in [-0.2, 0) is 0 Å². The molecular formula is C9H12BrNOS. The molecule has 0 aromatic carbocycles. The van der Waals surface area contributed by atoms with Crippen molar-refractivity contribution in [2.24, 2.45) is 0 Å². The van der Waals surface area contributed by atoms with E-state index >= 15 is 0 Å². The van der Waals surface area contributed by atoms with Crippen molar-refractivity contribution in [2.75, 3.05) is 6.54 Å². The van der Waals surface area contributed by atoms with Crippen molar-refractivity contribution >= 4 is 27.7 Å². The maximum atomic E-state index is 5.42. The van der Waals surface area contributed by atoms with Crippen LogP contribution in [0.1, 0.15) is 24.5 Å². The van der Waals surface area contributed by atoms with Gasteiger partial charge >= 0.3 is 0 Å². The molecule has 2 atom stereocenters. The van der Waals surface area contributed by atoms with Crippen LogP contribution in [0.5, 0.6) is 0 Å². The fourth-order valence-corrected chi connectivity index (χ4v) is 3.23. The highest BCUT2D eigenvalue weighted by atomic mass is 79.9. The number of hydrogen-bond donors (Lipinski definition) is 1. The number of halogens is 1. The van der Waals surface area contributed by atoms with Crippen LogP contribution in [0.25, 0.3) is 0 Å². The van der Waals surface area contributed by atoms with Gasteiger partial charge in [-0.25, -0.2) is 0 Å². The van der Waals surface area contributed by atoms with Gasteiger partial charge in [0.1, 0.15) is 11.1 Å². The van der Waals surface area contributed by atoms with E-state index in [9.17, 15) is 0 Å². The molecule has 2 unspecified atom stereocenters. The maximum Gasteiger partial charge on any atom is 0.145 e. The summed E-state index contributed by atoms with van der Waals surface area (Å²) in [7, 11) is 0. The lowest BCUT2D eigenvalue weighted by molar-refractivity contribution is 0.464. The second kappa shape index (κ2) is 4.07. The van der Waals surface area contributed by atoms with Gasteiger partial charge in [0.15, 0.2) is 0 Å². The average molecular weight is 262 g/mol. The van der Waals surface area contributed by atoms with Crippen LogP contribution in [0.2, 0.25) is 0 Å². The Labute approximate surface area is 90.6 Å². The minimum Gasteiger partial charge on any atom is -0.466 e. The Morgan fingerprint density at radius 1 is 1.69 bits per heavy atom. The van der Waals surface area contributed by atoms with Crippen LogP contribution in [-0.4, -0.2) is 11.8 Å². The third kappa shape index (κ3) is 2.11. The molecule has 2 nitrogen and oxygen atoms in total. The molecule has 1 saturated heterocycles. The van der Waals surface area contributed by atoms with E-state index in [1.807, 2.05) is 17.8 Å². The molecule has 1 aromatic rings. The first-order chi connectivity index (χ1) is 6.27. The summed E-state index contributed by atoms with van der Waals surface area (Å²) in [6.45, 7) is 3.33. The average Bonchev–Trinajstić information content (AvgIpc) is 2.51. The summed E-state index contributed by atoms with van der Waals surface area (Å²) in [4.78, 5) is 0. The van der Waals surface area contributed by atoms with E-state index in [2.05, 4.69) is 28.2 Å². The fourth-order valence-electron chi connectivity index (χ4n) is 1.41. The van der Waals surface area contributed by atoms with Crippen molar-refractivity contribution in [3.8, 4) is 0 Å². The van der Waals surface area contributed by atoms with Crippen molar-refractivity contribution in [3.05, 3.63) is 22.6 Å². The minimum absolute atomic E-state index is 0.313. The summed E-state index contributed by atoms with van der Waals surface area (Å²) in [6.07, 6.45) is 2.96. The zero-order chi connectivity index (χ0) is 9.26. The number of thioether (sulfide) groups is 1. The molecule has 2 rings (SSSR count). The molecule has 0 saturated carbocycles. The molecule has 0 aliphatic carbocycles. The second-order valence-corrected chi connectivity index (χ2v) is 5.60. The van der Waals surface area contributed by atoms with Gasteiger partial charge in [-0.15, -0.1) is 11.8 Å². The Hall–Kier alpha value is 0.0700. The number of furan rings is 1. The molecule has 0 spiro atoms. The largest absolute Gasteiger partial charge is 0.466 e. The Bertz CT molecular complexity index is 289. The number of rotatable bonds is 1. The quantitative estimate of drug-likeness (QED) is 0.841. The Morgan fingerprint density at radius 2 is 2.54 bits per heavy atom. The first kappa shape index (κ1) is 9.62. The highest BCUT2D eigenvalue weighted by Gasteiger charge is 2.24. The minimum atomic E-state index is 0.313. The van der Waals surface area contributed by atoms with Crippen molar-refractivity contribution in [3.63, 3.8) is 0 Å². The SMILES string of the molecule is CC1CCNC(c2occc2Br)S1. The Morgan fingerprint density at radius 3 is 3.15 bits per heavy atom. The highest BCUT2D eigenvalue weighted by Crippen LogP contribution is 2.37. The van der Waals surface area contributed by atoms with Gasteiger partial charge in [0.2, 0.25) is 0 Å². The lowest BCUT2D eigenvalue weighted by Crippen LogP contribution is -2.28. The highest BCUT2D eigenvalue weighted by molar-refractivity contribution is 9.10. The zero-order valence-corrected chi connectivity index (χ0v) is 9.82. The fraction of sp³-hybridized carbons (Fsp3) is 0.556. The first-order valence-corrected chi connectivity index (χ1v) is 6.12. The Kier molecular flexibility index (Phi) is 3.01. The summed E-state index contributed by atoms with van der Waals surface area (Å²) < 4.78 is 6.48. The molecule has 1 aliphatic heterocycles. The predicted molar refractivity (Wildman–Crippen MR) is 58.8 cm³/mol. The third-order valence-electron chi connectivity index (χ3n) is 2.13. The van der Waals surface area contributed by atoms with Gasteiger partial charge in [-0.1, -0.05) is 6.92 Å². The van der Waals surface area contributed by atoms with Crippen LogP contribution in [0.3, 0.4) is 0 Å². The van der Waals surface area contributed by atoms with E-state index in [0.717, 1.165) is 16.8 Å². The van der Waals surface area contributed by atoms with Crippen LogP contribution in [0.15, 0.2) is 21.2 Å². The smallest absolute Gasteiger partial charge is 0.145 e. The van der Waals surface area contributed by atoms with Gasteiger partial charge in [0.25, 0.3) is 0 Å². The molecule has 4 heteroatoms. The third-order valence-corrected chi connectivity index (χ3v) is 4.14. The van der Waals surface area contributed by atoms with Gasteiger partial charge in [0, 0.05) is 5.25 Å². The number of nitrogens with one attached hydrogen (secondary N) is 1. The van der Waals surface area contributed by atoms with Crippen LogP contribution >= 0.6 is 27.7 Å². The zero-order valence-electron chi connectivity index (χ0n) is 7.42. The van der Waals surface area contributed by atoms with E-state index in [4.69, 9.17) is 4.42 Å². The van der Waals surface area contributed by atoms with E-state index in [0.29, 0.717) is 10.6 Å². The lowest BCUT2D eigenvalue weighted by atomic mass is 10.3. The summed E-state index contributed by atoms with van der Waals surface area (Å²) in [6, 6.07) is 1.94. The van der Waals surface area contributed by atoms with Gasteiger partial charge in [0.05, 0.1) is 10.7 Å². The summed E-state index contributed by atoms with van der Waals surface area (Å²) in [5, 5.41) is 4.46. The van der Waals surface area contributed by atoms with Crippen molar-refractivity contribution in [1.29, 1.82) is 0 Å². The second-order valence-electron chi connectivity index (χ2n) is 3.20. The molecule has 0 radical (unpaired) electrons. The van der Waals surface area contributed by atoms with Gasteiger partial charge in [-0.3, -0.25) is 5.32 Å². The molecule has 1 N–H and O–H groups in total. The number of hydrogen-bond acceptors (Lipinski definition) is 3. The van der Waals surface area contributed by atoms with Crippen LogP contribution < -0.4 is 5.32 Å². The molecule has 2 heterocycles. The molecule has 1 aromatic heterocycles. The molecule has 1 aliphatic rings. The standard InChI is InChI=1S/C9H12BrNOS/c1-6-2-4-11-9(13-6)8-7(10)3-5-12-8/h3,5-6,9,11H,2,4H2,1H3. The van der Waals surface area contributed by atoms with Gasteiger partial charge < -0.3 is 4.42 Å². The maximum absolute atomic E-state index is 5.42. The molecule has 72 valence electrons. The van der Waals surface area contributed by atoms with Crippen molar-refractivity contribution in [1.82, 2.24) is 5.32 Å². The predicted octanol–water partition coefficient (Wildman–Crippen LogP) is 3.16.